The minimum absolute atomic E-state index is 0.101. The highest BCUT2D eigenvalue weighted by atomic mass is 35.5. The van der Waals surface area contributed by atoms with Crippen LogP contribution >= 0.6 is 23.4 Å². The summed E-state index contributed by atoms with van der Waals surface area (Å²) in [4.78, 5) is 6.94. The van der Waals surface area contributed by atoms with Crippen LogP contribution in [0.15, 0.2) is 12.3 Å². The molecule has 0 radical (unpaired) electrons. The fourth-order valence-electron chi connectivity index (χ4n) is 2.33. The molecule has 0 amide bonds. The Morgan fingerprint density at radius 1 is 1.48 bits per heavy atom. The molecular formula is C16H26ClN3S. The Bertz CT molecular complexity index is 473. The molecule has 1 atom stereocenters. The second kappa shape index (κ2) is 7.21. The van der Waals surface area contributed by atoms with E-state index in [0.717, 1.165) is 41.8 Å². The molecule has 2 heterocycles. The highest BCUT2D eigenvalue weighted by molar-refractivity contribution is 8.00. The number of hydrogen-bond donors (Lipinski definition) is 1. The minimum atomic E-state index is 0.101. The van der Waals surface area contributed by atoms with E-state index >= 15 is 0 Å². The molecule has 1 aliphatic rings. The SMILES string of the molecule is CCC1CN(c2ncc(CNC(C)(C)C)cc2Cl)CCS1. The van der Waals surface area contributed by atoms with Gasteiger partial charge in [0.2, 0.25) is 0 Å². The zero-order chi connectivity index (χ0) is 15.5. The van der Waals surface area contributed by atoms with Crippen molar-refractivity contribution in [2.75, 3.05) is 23.7 Å². The van der Waals surface area contributed by atoms with E-state index in [2.05, 4.69) is 54.7 Å². The summed E-state index contributed by atoms with van der Waals surface area (Å²) in [6, 6.07) is 2.05. The van der Waals surface area contributed by atoms with E-state index in [4.69, 9.17) is 11.6 Å². The van der Waals surface area contributed by atoms with Gasteiger partial charge in [0.1, 0.15) is 5.82 Å². The van der Waals surface area contributed by atoms with Crippen LogP contribution in [0.2, 0.25) is 5.02 Å². The molecule has 0 saturated carbocycles. The number of rotatable bonds is 4. The summed E-state index contributed by atoms with van der Waals surface area (Å²) < 4.78 is 0. The van der Waals surface area contributed by atoms with Crippen LogP contribution < -0.4 is 10.2 Å². The predicted molar refractivity (Wildman–Crippen MR) is 94.6 cm³/mol. The molecule has 21 heavy (non-hydrogen) atoms. The lowest BCUT2D eigenvalue weighted by Crippen LogP contribution is -2.38. The molecule has 0 bridgehead atoms. The van der Waals surface area contributed by atoms with Crippen molar-refractivity contribution < 1.29 is 0 Å². The van der Waals surface area contributed by atoms with E-state index in [1.807, 2.05) is 12.3 Å². The van der Waals surface area contributed by atoms with Crippen molar-refractivity contribution >= 4 is 29.2 Å². The van der Waals surface area contributed by atoms with Crippen LogP contribution in [0.5, 0.6) is 0 Å². The van der Waals surface area contributed by atoms with Crippen molar-refractivity contribution in [3.8, 4) is 0 Å². The van der Waals surface area contributed by atoms with Crippen molar-refractivity contribution in [2.24, 2.45) is 0 Å². The monoisotopic (exact) mass is 327 g/mol. The topological polar surface area (TPSA) is 28.2 Å². The van der Waals surface area contributed by atoms with Gasteiger partial charge in [0.25, 0.3) is 0 Å². The van der Waals surface area contributed by atoms with E-state index in [-0.39, 0.29) is 5.54 Å². The summed E-state index contributed by atoms with van der Waals surface area (Å²) in [6.45, 7) is 11.6. The first kappa shape index (κ1) is 16.9. The molecular weight excluding hydrogens is 302 g/mol. The van der Waals surface area contributed by atoms with Gasteiger partial charge in [-0.1, -0.05) is 18.5 Å². The van der Waals surface area contributed by atoms with Crippen molar-refractivity contribution in [2.45, 2.75) is 51.4 Å². The highest BCUT2D eigenvalue weighted by Gasteiger charge is 2.22. The molecule has 0 aromatic carbocycles. The number of pyridine rings is 1. The van der Waals surface area contributed by atoms with Crippen molar-refractivity contribution in [3.63, 3.8) is 0 Å². The second-order valence-corrected chi connectivity index (χ2v) is 8.42. The Morgan fingerprint density at radius 3 is 2.86 bits per heavy atom. The molecule has 0 spiro atoms. The number of halogens is 1. The number of hydrogen-bond acceptors (Lipinski definition) is 4. The Hall–Kier alpha value is -0.450. The van der Waals surface area contributed by atoms with Crippen LogP contribution in [0.4, 0.5) is 5.82 Å². The Morgan fingerprint density at radius 2 is 2.24 bits per heavy atom. The number of anilines is 1. The van der Waals surface area contributed by atoms with Crippen LogP contribution in [0.3, 0.4) is 0 Å². The maximum atomic E-state index is 6.46. The summed E-state index contributed by atoms with van der Waals surface area (Å²) in [5.41, 5.74) is 1.24. The summed E-state index contributed by atoms with van der Waals surface area (Å²) in [5.74, 6) is 2.10. The molecule has 1 aliphatic heterocycles. The van der Waals surface area contributed by atoms with Crippen molar-refractivity contribution in [3.05, 3.63) is 22.8 Å². The third-order valence-electron chi connectivity index (χ3n) is 3.59. The summed E-state index contributed by atoms with van der Waals surface area (Å²) in [6.07, 6.45) is 3.15. The average molecular weight is 328 g/mol. The molecule has 1 N–H and O–H groups in total. The van der Waals surface area contributed by atoms with Gasteiger partial charge in [0.15, 0.2) is 0 Å². The lowest BCUT2D eigenvalue weighted by atomic mass is 10.1. The smallest absolute Gasteiger partial charge is 0.147 e. The van der Waals surface area contributed by atoms with Gasteiger partial charge in [-0.3, -0.25) is 0 Å². The maximum Gasteiger partial charge on any atom is 0.147 e. The van der Waals surface area contributed by atoms with Gasteiger partial charge >= 0.3 is 0 Å². The molecule has 1 aromatic heterocycles. The van der Waals surface area contributed by atoms with E-state index in [9.17, 15) is 0 Å². The van der Waals surface area contributed by atoms with Gasteiger partial charge in [0, 0.05) is 42.4 Å². The molecule has 0 aliphatic carbocycles. The zero-order valence-electron chi connectivity index (χ0n) is 13.4. The molecule has 5 heteroatoms. The van der Waals surface area contributed by atoms with Crippen LogP contribution in [0.1, 0.15) is 39.7 Å². The van der Waals surface area contributed by atoms with Crippen LogP contribution in [-0.2, 0) is 6.54 Å². The van der Waals surface area contributed by atoms with Crippen molar-refractivity contribution in [1.82, 2.24) is 10.3 Å². The molecule has 1 unspecified atom stereocenters. The normalized spacial score (nSPS) is 19.9. The van der Waals surface area contributed by atoms with Gasteiger partial charge in [-0.2, -0.15) is 11.8 Å². The van der Waals surface area contributed by atoms with Gasteiger partial charge in [-0.15, -0.1) is 0 Å². The van der Waals surface area contributed by atoms with Gasteiger partial charge < -0.3 is 10.2 Å². The number of nitrogens with zero attached hydrogens (tertiary/aromatic N) is 2. The molecule has 118 valence electrons. The predicted octanol–water partition coefficient (Wildman–Crippen LogP) is 3.95. The summed E-state index contributed by atoms with van der Waals surface area (Å²) in [5, 5.41) is 4.93. The second-order valence-electron chi connectivity index (χ2n) is 6.60. The lowest BCUT2D eigenvalue weighted by Gasteiger charge is -2.33. The van der Waals surface area contributed by atoms with Crippen LogP contribution in [-0.4, -0.2) is 34.6 Å². The fourth-order valence-corrected chi connectivity index (χ4v) is 3.81. The summed E-state index contributed by atoms with van der Waals surface area (Å²) >= 11 is 8.52. The zero-order valence-corrected chi connectivity index (χ0v) is 15.0. The third kappa shape index (κ3) is 5.04. The van der Waals surface area contributed by atoms with Gasteiger partial charge in [-0.25, -0.2) is 4.98 Å². The van der Waals surface area contributed by atoms with E-state index < -0.39 is 0 Å². The first-order valence-electron chi connectivity index (χ1n) is 7.65. The first-order chi connectivity index (χ1) is 9.89. The van der Waals surface area contributed by atoms with E-state index in [1.54, 1.807) is 0 Å². The highest BCUT2D eigenvalue weighted by Crippen LogP contribution is 2.29. The largest absolute Gasteiger partial charge is 0.353 e. The van der Waals surface area contributed by atoms with Crippen molar-refractivity contribution in [1.29, 1.82) is 0 Å². The molecule has 1 aromatic rings. The van der Waals surface area contributed by atoms with Crippen LogP contribution in [0.25, 0.3) is 0 Å². The summed E-state index contributed by atoms with van der Waals surface area (Å²) in [7, 11) is 0. The van der Waals surface area contributed by atoms with Crippen LogP contribution in [0, 0.1) is 0 Å². The molecule has 1 saturated heterocycles. The number of aromatic nitrogens is 1. The quantitative estimate of drug-likeness (QED) is 0.906. The van der Waals surface area contributed by atoms with Gasteiger partial charge in [-0.05, 0) is 38.8 Å². The van der Waals surface area contributed by atoms with Gasteiger partial charge in [0.05, 0.1) is 5.02 Å². The number of thioether (sulfide) groups is 1. The molecule has 1 fully saturated rings. The Kier molecular flexibility index (Phi) is 5.81. The third-order valence-corrected chi connectivity index (χ3v) is 5.25. The molecule has 2 rings (SSSR count). The fraction of sp³-hybridized carbons (Fsp3) is 0.688. The lowest BCUT2D eigenvalue weighted by molar-refractivity contribution is 0.424. The average Bonchev–Trinajstić information content (AvgIpc) is 2.44. The molecule has 3 nitrogen and oxygen atoms in total. The Balaban J connectivity index is 2.05. The van der Waals surface area contributed by atoms with E-state index in [1.165, 1.54) is 6.42 Å². The Labute approximate surface area is 137 Å². The maximum absolute atomic E-state index is 6.46. The standard InChI is InChI=1S/C16H26ClN3S/c1-5-13-11-20(6-7-21-13)15-14(17)8-12(9-18-15)10-19-16(2,3)4/h8-9,13,19H,5-7,10-11H2,1-4H3. The first-order valence-corrected chi connectivity index (χ1v) is 9.07. The number of nitrogens with one attached hydrogen (secondary N) is 1. The minimum Gasteiger partial charge on any atom is -0.353 e. The van der Waals surface area contributed by atoms with E-state index in [0.29, 0.717) is 5.25 Å².